The number of nitrogens with zero attached hydrogens (tertiary/aromatic N) is 2. The van der Waals surface area contributed by atoms with Crippen molar-refractivity contribution in [3.8, 4) is 5.88 Å². The Labute approximate surface area is 78.1 Å². The lowest BCUT2D eigenvalue weighted by atomic mass is 10.1. The fraction of sp³-hybridized carbons (Fsp3) is 0.667. The summed E-state index contributed by atoms with van der Waals surface area (Å²) in [5.41, 5.74) is 0.661. The first-order valence-electron chi connectivity index (χ1n) is 4.32. The number of rotatable bonds is 3. The van der Waals surface area contributed by atoms with E-state index in [1.54, 1.807) is 24.9 Å². The minimum absolute atomic E-state index is 0.166. The molecule has 1 atom stereocenters. The predicted octanol–water partition coefficient (Wildman–Crippen LogP) is 1.12. The highest BCUT2D eigenvalue weighted by Crippen LogP contribution is 2.23. The van der Waals surface area contributed by atoms with Gasteiger partial charge in [0.2, 0.25) is 5.88 Å². The minimum atomic E-state index is -0.518. The van der Waals surface area contributed by atoms with E-state index in [0.717, 1.165) is 0 Å². The van der Waals surface area contributed by atoms with Crippen LogP contribution < -0.4 is 4.74 Å². The largest absolute Gasteiger partial charge is 0.481 e. The van der Waals surface area contributed by atoms with E-state index in [0.29, 0.717) is 11.6 Å². The van der Waals surface area contributed by atoms with Gasteiger partial charge in [-0.15, -0.1) is 0 Å². The summed E-state index contributed by atoms with van der Waals surface area (Å²) < 4.78 is 6.66. The Bertz CT molecular complexity index is 281. The minimum Gasteiger partial charge on any atom is -0.481 e. The van der Waals surface area contributed by atoms with E-state index >= 15 is 0 Å². The van der Waals surface area contributed by atoms with Crippen LogP contribution in [-0.4, -0.2) is 22.0 Å². The molecule has 74 valence electrons. The van der Waals surface area contributed by atoms with Crippen LogP contribution in [0.15, 0.2) is 6.07 Å². The maximum absolute atomic E-state index is 9.70. The second-order valence-electron chi connectivity index (χ2n) is 3.42. The molecule has 0 bridgehead atoms. The Kier molecular flexibility index (Phi) is 2.93. The Morgan fingerprint density at radius 1 is 1.54 bits per heavy atom. The standard InChI is InChI=1S/C9H16N2O2/c1-6(2)9(12)7-5-8(13-4)11(3)10-7/h5-6,9,12H,1-4H3. The first-order valence-corrected chi connectivity index (χ1v) is 4.32. The van der Waals surface area contributed by atoms with Crippen LogP contribution in [0.2, 0.25) is 0 Å². The average Bonchev–Trinajstić information content (AvgIpc) is 2.45. The van der Waals surface area contributed by atoms with E-state index in [1.807, 2.05) is 13.8 Å². The SMILES string of the molecule is COc1cc(C(O)C(C)C)nn1C. The third-order valence-electron chi connectivity index (χ3n) is 2.00. The highest BCUT2D eigenvalue weighted by Gasteiger charge is 2.16. The van der Waals surface area contributed by atoms with Crippen molar-refractivity contribution in [2.24, 2.45) is 13.0 Å². The van der Waals surface area contributed by atoms with Gasteiger partial charge in [0.05, 0.1) is 12.8 Å². The van der Waals surface area contributed by atoms with Crippen molar-refractivity contribution >= 4 is 0 Å². The summed E-state index contributed by atoms with van der Waals surface area (Å²) >= 11 is 0. The van der Waals surface area contributed by atoms with Gasteiger partial charge in [-0.2, -0.15) is 5.10 Å². The molecule has 4 heteroatoms. The van der Waals surface area contributed by atoms with E-state index in [-0.39, 0.29) is 5.92 Å². The van der Waals surface area contributed by atoms with Crippen molar-refractivity contribution in [2.45, 2.75) is 20.0 Å². The number of hydrogen-bond acceptors (Lipinski definition) is 3. The van der Waals surface area contributed by atoms with Crippen LogP contribution in [0.5, 0.6) is 5.88 Å². The molecule has 1 aromatic rings. The molecule has 0 radical (unpaired) electrons. The van der Waals surface area contributed by atoms with Gasteiger partial charge < -0.3 is 9.84 Å². The fourth-order valence-corrected chi connectivity index (χ4v) is 1.15. The van der Waals surface area contributed by atoms with Crippen molar-refractivity contribution in [2.75, 3.05) is 7.11 Å². The summed E-state index contributed by atoms with van der Waals surface area (Å²) in [7, 11) is 3.37. The molecule has 1 heterocycles. The van der Waals surface area contributed by atoms with Crippen LogP contribution >= 0.6 is 0 Å². The van der Waals surface area contributed by atoms with Crippen molar-refractivity contribution in [1.29, 1.82) is 0 Å². The summed E-state index contributed by atoms with van der Waals surface area (Å²) in [5, 5.41) is 13.8. The first kappa shape index (κ1) is 10.1. The first-order chi connectivity index (χ1) is 6.06. The molecule has 0 amide bonds. The lowest BCUT2D eigenvalue weighted by Gasteiger charge is -2.10. The zero-order valence-corrected chi connectivity index (χ0v) is 8.48. The molecule has 0 spiro atoms. The molecule has 0 aromatic carbocycles. The van der Waals surface area contributed by atoms with Crippen LogP contribution in [0.3, 0.4) is 0 Å². The number of methoxy groups -OCH3 is 1. The van der Waals surface area contributed by atoms with Gasteiger partial charge in [0, 0.05) is 13.1 Å². The third kappa shape index (κ3) is 2.01. The molecular weight excluding hydrogens is 168 g/mol. The summed E-state index contributed by atoms with van der Waals surface area (Å²) in [5.74, 6) is 0.828. The van der Waals surface area contributed by atoms with E-state index in [4.69, 9.17) is 4.74 Å². The molecule has 1 rings (SSSR count). The summed E-state index contributed by atoms with van der Waals surface area (Å²) in [6, 6.07) is 1.75. The maximum atomic E-state index is 9.70. The molecule has 1 aromatic heterocycles. The van der Waals surface area contributed by atoms with Crippen molar-refractivity contribution in [1.82, 2.24) is 9.78 Å². The normalized spacial score (nSPS) is 13.4. The monoisotopic (exact) mass is 184 g/mol. The molecule has 1 N–H and O–H groups in total. The molecule has 1 unspecified atom stereocenters. The summed E-state index contributed by atoms with van der Waals surface area (Å²) in [6.45, 7) is 3.90. The molecule has 0 aliphatic rings. The molecule has 0 fully saturated rings. The van der Waals surface area contributed by atoms with Gasteiger partial charge >= 0.3 is 0 Å². The van der Waals surface area contributed by atoms with Crippen LogP contribution in [0.1, 0.15) is 25.6 Å². The molecular formula is C9H16N2O2. The molecule has 0 aliphatic heterocycles. The lowest BCUT2D eigenvalue weighted by Crippen LogP contribution is -2.06. The number of ether oxygens (including phenoxy) is 1. The quantitative estimate of drug-likeness (QED) is 0.765. The fourth-order valence-electron chi connectivity index (χ4n) is 1.15. The topological polar surface area (TPSA) is 47.3 Å². The van der Waals surface area contributed by atoms with Crippen LogP contribution in [0.25, 0.3) is 0 Å². The number of aromatic nitrogens is 2. The number of aryl methyl sites for hydroxylation is 1. The highest BCUT2D eigenvalue weighted by molar-refractivity contribution is 5.17. The molecule has 13 heavy (non-hydrogen) atoms. The Hall–Kier alpha value is -1.03. The molecule has 0 aliphatic carbocycles. The Morgan fingerprint density at radius 2 is 2.15 bits per heavy atom. The number of aliphatic hydroxyl groups excluding tert-OH is 1. The summed E-state index contributed by atoms with van der Waals surface area (Å²) in [6.07, 6.45) is -0.518. The number of hydrogen-bond donors (Lipinski definition) is 1. The second-order valence-corrected chi connectivity index (χ2v) is 3.42. The smallest absolute Gasteiger partial charge is 0.211 e. The van der Waals surface area contributed by atoms with Gasteiger partial charge in [-0.3, -0.25) is 0 Å². The van der Waals surface area contributed by atoms with Gasteiger partial charge in [0.1, 0.15) is 6.10 Å². The van der Waals surface area contributed by atoms with Crippen molar-refractivity contribution in [3.63, 3.8) is 0 Å². The maximum Gasteiger partial charge on any atom is 0.211 e. The van der Waals surface area contributed by atoms with E-state index in [9.17, 15) is 5.11 Å². The van der Waals surface area contributed by atoms with E-state index in [1.165, 1.54) is 0 Å². The van der Waals surface area contributed by atoms with Crippen molar-refractivity contribution < 1.29 is 9.84 Å². The Balaban J connectivity index is 2.90. The van der Waals surface area contributed by atoms with E-state index in [2.05, 4.69) is 5.10 Å². The van der Waals surface area contributed by atoms with Crippen LogP contribution in [0.4, 0.5) is 0 Å². The third-order valence-corrected chi connectivity index (χ3v) is 2.00. The van der Waals surface area contributed by atoms with Crippen LogP contribution in [0, 0.1) is 5.92 Å². The zero-order valence-electron chi connectivity index (χ0n) is 8.48. The molecule has 0 saturated heterocycles. The van der Waals surface area contributed by atoms with Gasteiger partial charge in [-0.1, -0.05) is 13.8 Å². The van der Waals surface area contributed by atoms with Crippen LogP contribution in [-0.2, 0) is 7.05 Å². The van der Waals surface area contributed by atoms with Gasteiger partial charge in [-0.05, 0) is 5.92 Å². The molecule has 0 saturated carbocycles. The van der Waals surface area contributed by atoms with Gasteiger partial charge in [0.25, 0.3) is 0 Å². The van der Waals surface area contributed by atoms with Gasteiger partial charge in [0.15, 0.2) is 0 Å². The number of aliphatic hydroxyl groups is 1. The predicted molar refractivity (Wildman–Crippen MR) is 49.6 cm³/mol. The highest BCUT2D eigenvalue weighted by atomic mass is 16.5. The summed E-state index contributed by atoms with van der Waals surface area (Å²) in [4.78, 5) is 0. The van der Waals surface area contributed by atoms with Crippen molar-refractivity contribution in [3.05, 3.63) is 11.8 Å². The zero-order chi connectivity index (χ0) is 10.0. The Morgan fingerprint density at radius 3 is 2.54 bits per heavy atom. The lowest BCUT2D eigenvalue weighted by molar-refractivity contribution is 0.122. The molecule has 4 nitrogen and oxygen atoms in total. The second kappa shape index (κ2) is 3.79. The van der Waals surface area contributed by atoms with Gasteiger partial charge in [-0.25, -0.2) is 4.68 Å². The average molecular weight is 184 g/mol. The van der Waals surface area contributed by atoms with E-state index < -0.39 is 6.10 Å².